The minimum atomic E-state index is -0.415. The van der Waals surface area contributed by atoms with Gasteiger partial charge >= 0.3 is 5.97 Å². The molecule has 5 atom stereocenters. The van der Waals surface area contributed by atoms with Gasteiger partial charge in [0.25, 0.3) is 0 Å². The molecular weight excluding hydrogens is 184 g/mol. The predicted molar refractivity (Wildman–Crippen MR) is 48.3 cm³/mol. The third-order valence-corrected chi connectivity index (χ3v) is 3.70. The van der Waals surface area contributed by atoms with Crippen molar-refractivity contribution in [2.45, 2.75) is 19.4 Å². The lowest BCUT2D eigenvalue weighted by molar-refractivity contribution is -0.145. The van der Waals surface area contributed by atoms with Gasteiger partial charge in [-0.05, 0) is 18.3 Å². The summed E-state index contributed by atoms with van der Waals surface area (Å²) < 4.78 is 5.18. The van der Waals surface area contributed by atoms with Crippen LogP contribution in [0, 0.1) is 23.7 Å². The summed E-state index contributed by atoms with van der Waals surface area (Å²) in [6, 6.07) is 0. The molecule has 4 nitrogen and oxygen atoms in total. The van der Waals surface area contributed by atoms with Crippen molar-refractivity contribution in [2.24, 2.45) is 23.7 Å². The van der Waals surface area contributed by atoms with Crippen LogP contribution < -0.4 is 0 Å². The maximum Gasteiger partial charge on any atom is 0.311 e. The highest BCUT2D eigenvalue weighted by Gasteiger charge is 2.53. The van der Waals surface area contributed by atoms with Gasteiger partial charge < -0.3 is 14.9 Å². The minimum absolute atomic E-state index is 0.0208. The van der Waals surface area contributed by atoms with Crippen LogP contribution >= 0.6 is 0 Å². The van der Waals surface area contributed by atoms with E-state index in [1.807, 2.05) is 0 Å². The molecule has 2 aliphatic rings. The van der Waals surface area contributed by atoms with Crippen molar-refractivity contribution in [2.75, 3.05) is 13.2 Å². The van der Waals surface area contributed by atoms with Gasteiger partial charge in [0.1, 0.15) is 6.10 Å². The Kier molecular flexibility index (Phi) is 2.49. The lowest BCUT2D eigenvalue weighted by Gasteiger charge is -2.21. The molecule has 14 heavy (non-hydrogen) atoms. The molecule has 0 aromatic heterocycles. The number of aliphatic hydroxyl groups is 2. The van der Waals surface area contributed by atoms with Crippen LogP contribution in [-0.2, 0) is 9.53 Å². The first-order chi connectivity index (χ1) is 6.69. The maximum atomic E-state index is 11.3. The molecule has 0 aromatic carbocycles. The largest absolute Gasteiger partial charge is 0.462 e. The van der Waals surface area contributed by atoms with E-state index in [0.29, 0.717) is 5.92 Å². The Hall–Kier alpha value is -0.610. The number of carbonyl (C=O) groups excluding carboxylic acids is 1. The van der Waals surface area contributed by atoms with Crippen molar-refractivity contribution in [3.8, 4) is 0 Å². The third kappa shape index (κ3) is 1.25. The summed E-state index contributed by atoms with van der Waals surface area (Å²) in [5.41, 5.74) is 0. The third-order valence-electron chi connectivity index (χ3n) is 3.70. The zero-order valence-corrected chi connectivity index (χ0v) is 8.22. The maximum absolute atomic E-state index is 11.3. The van der Waals surface area contributed by atoms with Gasteiger partial charge in [0.15, 0.2) is 0 Å². The highest BCUT2D eigenvalue weighted by Crippen LogP contribution is 2.46. The van der Waals surface area contributed by atoms with Crippen LogP contribution in [0.5, 0.6) is 0 Å². The Morgan fingerprint density at radius 1 is 1.43 bits per heavy atom. The van der Waals surface area contributed by atoms with Crippen LogP contribution in [0.1, 0.15) is 13.3 Å². The highest BCUT2D eigenvalue weighted by atomic mass is 16.6. The van der Waals surface area contributed by atoms with Crippen LogP contribution in [0.3, 0.4) is 0 Å². The first kappa shape index (κ1) is 9.93. The molecule has 4 heteroatoms. The summed E-state index contributed by atoms with van der Waals surface area (Å²) in [5, 5.41) is 18.3. The molecule has 0 aromatic rings. The van der Waals surface area contributed by atoms with E-state index in [-0.39, 0.29) is 37.1 Å². The molecule has 80 valence electrons. The Morgan fingerprint density at radius 2 is 2.14 bits per heavy atom. The smallest absolute Gasteiger partial charge is 0.311 e. The summed E-state index contributed by atoms with van der Waals surface area (Å²) in [6.07, 6.45) is 0.741. The normalized spacial score (nSPS) is 46.5. The quantitative estimate of drug-likeness (QED) is 0.605. The molecule has 1 aliphatic heterocycles. The molecule has 2 rings (SSSR count). The Balaban J connectivity index is 2.19. The van der Waals surface area contributed by atoms with E-state index in [2.05, 4.69) is 6.92 Å². The highest BCUT2D eigenvalue weighted by molar-refractivity contribution is 5.75. The Labute approximate surface area is 82.9 Å². The summed E-state index contributed by atoms with van der Waals surface area (Å²) in [4.78, 5) is 11.3. The van der Waals surface area contributed by atoms with Crippen molar-refractivity contribution in [1.82, 2.24) is 0 Å². The van der Waals surface area contributed by atoms with Gasteiger partial charge in [0.2, 0.25) is 0 Å². The molecule has 0 bridgehead atoms. The molecule has 1 saturated carbocycles. The lowest BCUT2D eigenvalue weighted by Crippen LogP contribution is -2.29. The molecule has 2 N–H and O–H groups in total. The van der Waals surface area contributed by atoms with Gasteiger partial charge in [-0.2, -0.15) is 0 Å². The summed E-state index contributed by atoms with van der Waals surface area (Å²) in [7, 11) is 0. The van der Waals surface area contributed by atoms with Crippen LogP contribution in [0.2, 0.25) is 0 Å². The molecule has 1 aliphatic carbocycles. The molecule has 0 unspecified atom stereocenters. The average molecular weight is 200 g/mol. The van der Waals surface area contributed by atoms with E-state index < -0.39 is 5.92 Å². The van der Waals surface area contributed by atoms with Crippen LogP contribution in [0.15, 0.2) is 0 Å². The zero-order valence-electron chi connectivity index (χ0n) is 8.22. The SMILES string of the molecule is C[C@@H]1C[C@H]2OC(=O)[C@H](CO)[C@H]2[C@H]1CO. The molecular formula is C10H16O4. The fourth-order valence-corrected chi connectivity index (χ4v) is 2.93. The van der Waals surface area contributed by atoms with E-state index in [4.69, 9.17) is 9.84 Å². The van der Waals surface area contributed by atoms with Gasteiger partial charge in [-0.1, -0.05) is 6.92 Å². The Bertz CT molecular complexity index is 240. The number of carbonyl (C=O) groups is 1. The van der Waals surface area contributed by atoms with Crippen molar-refractivity contribution in [3.63, 3.8) is 0 Å². The van der Waals surface area contributed by atoms with Crippen molar-refractivity contribution < 1.29 is 19.7 Å². The summed E-state index contributed by atoms with van der Waals surface area (Å²) >= 11 is 0. The van der Waals surface area contributed by atoms with Gasteiger partial charge in [0, 0.05) is 12.5 Å². The fourth-order valence-electron chi connectivity index (χ4n) is 2.93. The van der Waals surface area contributed by atoms with Gasteiger partial charge in [-0.15, -0.1) is 0 Å². The van der Waals surface area contributed by atoms with Gasteiger partial charge in [-0.25, -0.2) is 0 Å². The average Bonchev–Trinajstić information content (AvgIpc) is 2.58. The molecule has 0 spiro atoms. The Morgan fingerprint density at radius 3 is 2.71 bits per heavy atom. The molecule has 1 saturated heterocycles. The second-order valence-electron chi connectivity index (χ2n) is 4.40. The van der Waals surface area contributed by atoms with E-state index in [1.54, 1.807) is 0 Å². The molecule has 0 amide bonds. The summed E-state index contributed by atoms with van der Waals surface area (Å²) in [6.45, 7) is 1.97. The number of esters is 1. The number of hydrogen-bond acceptors (Lipinski definition) is 4. The minimum Gasteiger partial charge on any atom is -0.462 e. The topological polar surface area (TPSA) is 66.8 Å². The predicted octanol–water partition coefficient (Wildman–Crippen LogP) is -0.215. The molecule has 2 fully saturated rings. The number of ether oxygens (including phenoxy) is 1. The van der Waals surface area contributed by atoms with Crippen LogP contribution in [-0.4, -0.2) is 35.5 Å². The monoisotopic (exact) mass is 200 g/mol. The van der Waals surface area contributed by atoms with Crippen LogP contribution in [0.4, 0.5) is 0 Å². The van der Waals surface area contributed by atoms with Crippen LogP contribution in [0.25, 0.3) is 0 Å². The zero-order chi connectivity index (χ0) is 10.3. The number of aliphatic hydroxyl groups excluding tert-OH is 2. The first-order valence-electron chi connectivity index (χ1n) is 5.11. The van der Waals surface area contributed by atoms with E-state index in [0.717, 1.165) is 6.42 Å². The second kappa shape index (κ2) is 3.51. The number of hydrogen-bond donors (Lipinski definition) is 2. The van der Waals surface area contributed by atoms with Crippen molar-refractivity contribution in [1.29, 1.82) is 0 Å². The van der Waals surface area contributed by atoms with Gasteiger partial charge in [0.05, 0.1) is 12.5 Å². The lowest BCUT2D eigenvalue weighted by atomic mass is 9.83. The van der Waals surface area contributed by atoms with E-state index >= 15 is 0 Å². The van der Waals surface area contributed by atoms with Gasteiger partial charge in [-0.3, -0.25) is 4.79 Å². The second-order valence-corrected chi connectivity index (χ2v) is 4.40. The molecule has 0 radical (unpaired) electrons. The fraction of sp³-hybridized carbons (Fsp3) is 0.900. The summed E-state index contributed by atoms with van der Waals surface area (Å²) in [5.74, 6) is -0.219. The van der Waals surface area contributed by atoms with Crippen molar-refractivity contribution in [3.05, 3.63) is 0 Å². The number of rotatable bonds is 2. The van der Waals surface area contributed by atoms with E-state index in [9.17, 15) is 9.90 Å². The number of fused-ring (bicyclic) bond motifs is 1. The first-order valence-corrected chi connectivity index (χ1v) is 5.11. The molecule has 1 heterocycles. The standard InChI is InChI=1S/C10H16O4/c1-5-2-8-9(6(5)3-11)7(4-12)10(13)14-8/h5-9,11-12H,2-4H2,1H3/t5-,6+,7-,8-,9-/m1/s1. The van der Waals surface area contributed by atoms with Crippen molar-refractivity contribution >= 4 is 5.97 Å². The van der Waals surface area contributed by atoms with E-state index in [1.165, 1.54) is 0 Å².